The molecule has 0 amide bonds. The van der Waals surface area contributed by atoms with Gasteiger partial charge in [0.25, 0.3) is 0 Å². The van der Waals surface area contributed by atoms with Gasteiger partial charge in [0.05, 0.1) is 0 Å². The largest absolute Gasteiger partial charge is 0.368 e. The number of hydrogen-bond acceptors (Lipinski definition) is 4. The number of hydrogen-bond donors (Lipinski definition) is 1. The van der Waals surface area contributed by atoms with E-state index >= 15 is 0 Å². The maximum absolute atomic E-state index is 5.86. The fourth-order valence-electron chi connectivity index (χ4n) is 3.00. The van der Waals surface area contributed by atoms with Gasteiger partial charge < -0.3 is 5.73 Å². The first kappa shape index (κ1) is 11.9. The Hall–Kier alpha value is -1.19. The Balaban J connectivity index is 1.83. The second-order valence-corrected chi connectivity index (χ2v) is 5.73. The van der Waals surface area contributed by atoms with Crippen LogP contribution in [0.3, 0.4) is 0 Å². The van der Waals surface area contributed by atoms with Gasteiger partial charge in [0.1, 0.15) is 11.6 Å². The van der Waals surface area contributed by atoms with Crippen molar-refractivity contribution in [3.63, 3.8) is 0 Å². The van der Waals surface area contributed by atoms with Crippen molar-refractivity contribution in [1.29, 1.82) is 0 Å². The summed E-state index contributed by atoms with van der Waals surface area (Å²) in [7, 11) is 0. The Bertz CT molecular complexity index is 406. The van der Waals surface area contributed by atoms with Crippen molar-refractivity contribution < 1.29 is 0 Å². The van der Waals surface area contributed by atoms with Crippen LogP contribution in [0.5, 0.6) is 0 Å². The molecule has 1 heterocycles. The standard InChI is InChI=1S/C14H22N4/c15-14-17-12(10-6-3-1-2-4-7-10)16-13(18-14)11-8-5-9-11/h10-11H,1-9H2,(H2,15,16,17,18). The number of rotatable bonds is 2. The van der Waals surface area contributed by atoms with Crippen molar-refractivity contribution in [1.82, 2.24) is 15.0 Å². The number of nitrogens with zero attached hydrogens (tertiary/aromatic N) is 3. The minimum atomic E-state index is 0.422. The van der Waals surface area contributed by atoms with Crippen molar-refractivity contribution in [2.24, 2.45) is 0 Å². The van der Waals surface area contributed by atoms with E-state index in [1.54, 1.807) is 0 Å². The number of aromatic nitrogens is 3. The van der Waals surface area contributed by atoms with Crippen LogP contribution in [0.25, 0.3) is 0 Å². The Labute approximate surface area is 108 Å². The lowest BCUT2D eigenvalue weighted by molar-refractivity contribution is 0.397. The van der Waals surface area contributed by atoms with Gasteiger partial charge in [0, 0.05) is 11.8 Å². The van der Waals surface area contributed by atoms with Gasteiger partial charge in [-0.05, 0) is 25.7 Å². The van der Waals surface area contributed by atoms with Crippen molar-refractivity contribution in [3.8, 4) is 0 Å². The van der Waals surface area contributed by atoms with Gasteiger partial charge in [-0.2, -0.15) is 9.97 Å². The third-order valence-corrected chi connectivity index (χ3v) is 4.38. The predicted octanol–water partition coefficient (Wildman–Crippen LogP) is 3.16. The van der Waals surface area contributed by atoms with E-state index in [0.29, 0.717) is 17.8 Å². The lowest BCUT2D eigenvalue weighted by atomic mass is 9.85. The molecule has 4 nitrogen and oxygen atoms in total. The van der Waals surface area contributed by atoms with Crippen LogP contribution in [0.15, 0.2) is 0 Å². The first-order valence-electron chi connectivity index (χ1n) is 7.34. The summed E-state index contributed by atoms with van der Waals surface area (Å²) in [5.74, 6) is 3.39. The monoisotopic (exact) mass is 246 g/mol. The molecule has 3 rings (SSSR count). The molecule has 0 aromatic carbocycles. The predicted molar refractivity (Wildman–Crippen MR) is 71.3 cm³/mol. The summed E-state index contributed by atoms with van der Waals surface area (Å²) in [4.78, 5) is 13.4. The first-order valence-corrected chi connectivity index (χ1v) is 7.34. The molecule has 0 spiro atoms. The first-order chi connectivity index (χ1) is 8.83. The van der Waals surface area contributed by atoms with Gasteiger partial charge in [-0.1, -0.05) is 32.1 Å². The molecule has 98 valence electrons. The lowest BCUT2D eigenvalue weighted by Crippen LogP contribution is -2.17. The van der Waals surface area contributed by atoms with E-state index in [9.17, 15) is 0 Å². The zero-order chi connectivity index (χ0) is 12.4. The van der Waals surface area contributed by atoms with E-state index in [2.05, 4.69) is 9.97 Å². The molecule has 2 saturated carbocycles. The van der Waals surface area contributed by atoms with Crippen LogP contribution < -0.4 is 5.73 Å². The van der Waals surface area contributed by atoms with E-state index in [1.165, 1.54) is 57.8 Å². The Morgan fingerprint density at radius 3 is 1.61 bits per heavy atom. The Kier molecular flexibility index (Phi) is 3.43. The third kappa shape index (κ3) is 2.47. The van der Waals surface area contributed by atoms with Crippen LogP contribution in [0.4, 0.5) is 5.95 Å². The smallest absolute Gasteiger partial charge is 0.223 e. The number of nitrogen functional groups attached to an aromatic ring is 1. The van der Waals surface area contributed by atoms with E-state index in [0.717, 1.165) is 11.6 Å². The molecule has 18 heavy (non-hydrogen) atoms. The maximum atomic E-state index is 5.86. The second kappa shape index (κ2) is 5.21. The summed E-state index contributed by atoms with van der Waals surface area (Å²) in [5.41, 5.74) is 5.86. The highest BCUT2D eigenvalue weighted by molar-refractivity contribution is 5.20. The highest BCUT2D eigenvalue weighted by Gasteiger charge is 2.25. The van der Waals surface area contributed by atoms with E-state index in [-0.39, 0.29) is 0 Å². The highest BCUT2D eigenvalue weighted by Crippen LogP contribution is 2.36. The van der Waals surface area contributed by atoms with Crippen LogP contribution in [-0.4, -0.2) is 15.0 Å². The van der Waals surface area contributed by atoms with Crippen LogP contribution in [0, 0.1) is 0 Å². The van der Waals surface area contributed by atoms with E-state index in [4.69, 9.17) is 10.7 Å². The van der Waals surface area contributed by atoms with Crippen LogP contribution in [0.2, 0.25) is 0 Å². The number of nitrogens with two attached hydrogens (primary N) is 1. The third-order valence-electron chi connectivity index (χ3n) is 4.38. The molecule has 0 atom stereocenters. The van der Waals surface area contributed by atoms with Gasteiger partial charge in [-0.3, -0.25) is 0 Å². The summed E-state index contributed by atoms with van der Waals surface area (Å²) >= 11 is 0. The lowest BCUT2D eigenvalue weighted by Gasteiger charge is -2.24. The van der Waals surface area contributed by atoms with Crippen molar-refractivity contribution in [2.45, 2.75) is 69.6 Å². The van der Waals surface area contributed by atoms with Gasteiger partial charge in [0.15, 0.2) is 0 Å². The topological polar surface area (TPSA) is 64.7 Å². The fourth-order valence-corrected chi connectivity index (χ4v) is 3.00. The zero-order valence-corrected chi connectivity index (χ0v) is 10.9. The van der Waals surface area contributed by atoms with Crippen molar-refractivity contribution >= 4 is 5.95 Å². The van der Waals surface area contributed by atoms with Gasteiger partial charge >= 0.3 is 0 Å². The zero-order valence-electron chi connectivity index (χ0n) is 10.9. The molecule has 2 fully saturated rings. The Morgan fingerprint density at radius 1 is 0.667 bits per heavy atom. The van der Waals surface area contributed by atoms with E-state index < -0.39 is 0 Å². The Morgan fingerprint density at radius 2 is 1.17 bits per heavy atom. The minimum absolute atomic E-state index is 0.422. The molecule has 1 aromatic rings. The molecule has 1 aromatic heterocycles. The molecule has 0 unspecified atom stereocenters. The van der Waals surface area contributed by atoms with Gasteiger partial charge in [0.2, 0.25) is 5.95 Å². The molecule has 0 saturated heterocycles. The molecule has 0 bridgehead atoms. The molecule has 2 N–H and O–H groups in total. The highest BCUT2D eigenvalue weighted by atomic mass is 15.1. The summed E-state index contributed by atoms with van der Waals surface area (Å²) in [6.07, 6.45) is 11.5. The molecular weight excluding hydrogens is 224 g/mol. The summed E-state index contributed by atoms with van der Waals surface area (Å²) < 4.78 is 0. The quantitative estimate of drug-likeness (QED) is 0.814. The van der Waals surface area contributed by atoms with Crippen LogP contribution in [0.1, 0.15) is 81.3 Å². The fraction of sp³-hybridized carbons (Fsp3) is 0.786. The van der Waals surface area contributed by atoms with Gasteiger partial charge in [-0.15, -0.1) is 0 Å². The summed E-state index contributed by atoms with van der Waals surface area (Å²) in [5, 5.41) is 0. The summed E-state index contributed by atoms with van der Waals surface area (Å²) in [6.45, 7) is 0. The van der Waals surface area contributed by atoms with E-state index in [1.807, 2.05) is 0 Å². The minimum Gasteiger partial charge on any atom is -0.368 e. The average Bonchev–Trinajstić information content (AvgIpc) is 2.54. The molecule has 2 aliphatic rings. The molecule has 2 aliphatic carbocycles. The molecular formula is C14H22N4. The normalized spacial score (nSPS) is 22.4. The molecule has 4 heteroatoms. The van der Waals surface area contributed by atoms with Crippen LogP contribution >= 0.6 is 0 Å². The second-order valence-electron chi connectivity index (χ2n) is 5.73. The van der Waals surface area contributed by atoms with Gasteiger partial charge in [-0.25, -0.2) is 4.98 Å². The summed E-state index contributed by atoms with van der Waals surface area (Å²) in [6, 6.07) is 0. The van der Waals surface area contributed by atoms with Crippen molar-refractivity contribution in [3.05, 3.63) is 11.6 Å². The van der Waals surface area contributed by atoms with Crippen molar-refractivity contribution in [2.75, 3.05) is 5.73 Å². The van der Waals surface area contributed by atoms with Crippen LogP contribution in [-0.2, 0) is 0 Å². The average molecular weight is 246 g/mol. The SMILES string of the molecule is Nc1nc(C2CCCCCC2)nc(C2CCC2)n1. The molecule has 0 radical (unpaired) electrons. The molecule has 0 aliphatic heterocycles. The number of anilines is 1. The maximum Gasteiger partial charge on any atom is 0.223 e.